The zero-order chi connectivity index (χ0) is 12.2. The van der Waals surface area contributed by atoms with Crippen LogP contribution < -0.4 is 0 Å². The van der Waals surface area contributed by atoms with Crippen LogP contribution in [0.2, 0.25) is 5.54 Å². The van der Waals surface area contributed by atoms with E-state index in [1.54, 1.807) is 0 Å². The highest BCUT2D eigenvalue weighted by Gasteiger charge is 2.21. The lowest BCUT2D eigenvalue weighted by Gasteiger charge is -2.22. The Morgan fingerprint density at radius 3 is 1.88 bits per heavy atom. The molecule has 0 rings (SSSR count). The summed E-state index contributed by atoms with van der Waals surface area (Å²) in [4.78, 5) is 0. The van der Waals surface area contributed by atoms with Gasteiger partial charge in [0.15, 0.2) is 0 Å². The standard InChI is InChI=1S/C13H30O2Si/c1-5-8-9-10-13(4)16(14-11-6-2)15-12-7-3/h13,16H,5-12H2,1-4H3. The highest BCUT2D eigenvalue weighted by Crippen LogP contribution is 2.20. The Balaban J connectivity index is 3.83. The van der Waals surface area contributed by atoms with Gasteiger partial charge in [0, 0.05) is 13.2 Å². The van der Waals surface area contributed by atoms with E-state index in [4.69, 9.17) is 8.85 Å². The maximum absolute atomic E-state index is 5.90. The van der Waals surface area contributed by atoms with Crippen LogP contribution in [-0.4, -0.2) is 22.5 Å². The van der Waals surface area contributed by atoms with Crippen molar-refractivity contribution in [2.75, 3.05) is 13.2 Å². The minimum Gasteiger partial charge on any atom is -0.396 e. The van der Waals surface area contributed by atoms with Crippen LogP contribution in [0.5, 0.6) is 0 Å². The van der Waals surface area contributed by atoms with E-state index in [-0.39, 0.29) is 0 Å². The Morgan fingerprint density at radius 2 is 1.44 bits per heavy atom. The summed E-state index contributed by atoms with van der Waals surface area (Å²) in [5.74, 6) is 0. The average molecular weight is 246 g/mol. The van der Waals surface area contributed by atoms with E-state index in [0.29, 0.717) is 5.54 Å². The van der Waals surface area contributed by atoms with Gasteiger partial charge >= 0.3 is 9.28 Å². The van der Waals surface area contributed by atoms with Crippen molar-refractivity contribution in [3.63, 3.8) is 0 Å². The minimum absolute atomic E-state index is 0.657. The highest BCUT2D eigenvalue weighted by molar-refractivity contribution is 6.46. The fourth-order valence-electron chi connectivity index (χ4n) is 1.70. The first-order chi connectivity index (χ1) is 7.76. The molecule has 0 spiro atoms. The molecular weight excluding hydrogens is 216 g/mol. The Morgan fingerprint density at radius 1 is 0.875 bits per heavy atom. The topological polar surface area (TPSA) is 18.5 Å². The fourth-order valence-corrected chi connectivity index (χ4v) is 3.89. The quantitative estimate of drug-likeness (QED) is 0.405. The number of hydrogen-bond donors (Lipinski definition) is 0. The summed E-state index contributed by atoms with van der Waals surface area (Å²) in [6, 6.07) is 0. The van der Waals surface area contributed by atoms with E-state index in [2.05, 4.69) is 27.7 Å². The molecule has 0 aromatic rings. The van der Waals surface area contributed by atoms with Crippen LogP contribution in [0, 0.1) is 0 Å². The maximum atomic E-state index is 5.90. The third kappa shape index (κ3) is 8.31. The van der Waals surface area contributed by atoms with Gasteiger partial charge in [-0.2, -0.15) is 0 Å². The molecule has 1 unspecified atom stereocenters. The van der Waals surface area contributed by atoms with Crippen LogP contribution in [0.3, 0.4) is 0 Å². The molecule has 0 radical (unpaired) electrons. The van der Waals surface area contributed by atoms with E-state index >= 15 is 0 Å². The lowest BCUT2D eigenvalue weighted by molar-refractivity contribution is 0.187. The zero-order valence-electron chi connectivity index (χ0n) is 11.6. The average Bonchev–Trinajstić information content (AvgIpc) is 2.29. The van der Waals surface area contributed by atoms with E-state index < -0.39 is 9.28 Å². The largest absolute Gasteiger partial charge is 0.396 e. The van der Waals surface area contributed by atoms with Crippen molar-refractivity contribution < 1.29 is 8.85 Å². The lowest BCUT2D eigenvalue weighted by Crippen LogP contribution is -2.28. The van der Waals surface area contributed by atoms with Crippen molar-refractivity contribution >= 4 is 9.28 Å². The van der Waals surface area contributed by atoms with E-state index in [1.807, 2.05) is 0 Å². The third-order valence-corrected chi connectivity index (χ3v) is 5.09. The van der Waals surface area contributed by atoms with Crippen LogP contribution in [-0.2, 0) is 8.85 Å². The Bertz CT molecular complexity index is 134. The molecule has 0 N–H and O–H groups in total. The van der Waals surface area contributed by atoms with Crippen molar-refractivity contribution in [1.82, 2.24) is 0 Å². The first-order valence-electron chi connectivity index (χ1n) is 6.99. The summed E-state index contributed by atoms with van der Waals surface area (Å²) >= 11 is 0. The summed E-state index contributed by atoms with van der Waals surface area (Å²) in [6.07, 6.45) is 7.43. The van der Waals surface area contributed by atoms with Crippen LogP contribution >= 0.6 is 0 Å². The molecule has 3 heteroatoms. The Labute approximate surface area is 104 Å². The molecule has 0 saturated carbocycles. The minimum atomic E-state index is -1.41. The predicted octanol–water partition coefficient (Wildman–Crippen LogP) is 4.03. The summed E-state index contributed by atoms with van der Waals surface area (Å²) < 4.78 is 11.8. The molecule has 0 aliphatic rings. The molecule has 0 aromatic heterocycles. The highest BCUT2D eigenvalue weighted by atomic mass is 28.3. The van der Waals surface area contributed by atoms with E-state index in [1.165, 1.54) is 25.7 Å². The number of rotatable bonds is 11. The molecule has 0 amide bonds. The second kappa shape index (κ2) is 11.6. The molecule has 0 saturated heterocycles. The molecule has 0 aromatic carbocycles. The third-order valence-electron chi connectivity index (χ3n) is 2.70. The Kier molecular flexibility index (Phi) is 11.7. The molecule has 2 nitrogen and oxygen atoms in total. The van der Waals surface area contributed by atoms with E-state index in [9.17, 15) is 0 Å². The SMILES string of the molecule is CCCCCC(C)[SiH](OCCC)OCCC. The fraction of sp³-hybridized carbons (Fsp3) is 1.00. The second-order valence-corrected chi connectivity index (χ2v) is 7.12. The summed E-state index contributed by atoms with van der Waals surface area (Å²) in [5.41, 5.74) is 0.657. The van der Waals surface area contributed by atoms with Crippen LogP contribution in [0.1, 0.15) is 66.2 Å². The van der Waals surface area contributed by atoms with Gasteiger partial charge in [-0.3, -0.25) is 0 Å². The van der Waals surface area contributed by atoms with Gasteiger partial charge in [-0.15, -0.1) is 0 Å². The molecular formula is C13H30O2Si. The van der Waals surface area contributed by atoms with Gasteiger partial charge in [0.05, 0.1) is 0 Å². The lowest BCUT2D eigenvalue weighted by atomic mass is 10.2. The van der Waals surface area contributed by atoms with Gasteiger partial charge in [-0.25, -0.2) is 0 Å². The molecule has 0 aliphatic carbocycles. The van der Waals surface area contributed by atoms with Crippen molar-refractivity contribution in [2.45, 2.75) is 71.8 Å². The van der Waals surface area contributed by atoms with Gasteiger partial charge in [0.2, 0.25) is 0 Å². The predicted molar refractivity (Wildman–Crippen MR) is 73.2 cm³/mol. The van der Waals surface area contributed by atoms with Gasteiger partial charge < -0.3 is 8.85 Å². The van der Waals surface area contributed by atoms with Crippen LogP contribution in [0.25, 0.3) is 0 Å². The molecule has 0 bridgehead atoms. The van der Waals surface area contributed by atoms with Gasteiger partial charge in [0.1, 0.15) is 0 Å². The molecule has 98 valence electrons. The van der Waals surface area contributed by atoms with Crippen molar-refractivity contribution in [1.29, 1.82) is 0 Å². The van der Waals surface area contributed by atoms with Gasteiger partial charge in [0.25, 0.3) is 0 Å². The molecule has 1 atom stereocenters. The first-order valence-corrected chi connectivity index (χ1v) is 8.60. The first kappa shape index (κ1) is 16.1. The monoisotopic (exact) mass is 246 g/mol. The van der Waals surface area contributed by atoms with Crippen molar-refractivity contribution in [3.05, 3.63) is 0 Å². The van der Waals surface area contributed by atoms with Gasteiger partial charge in [-0.1, -0.05) is 47.0 Å². The van der Waals surface area contributed by atoms with Crippen molar-refractivity contribution in [2.24, 2.45) is 0 Å². The summed E-state index contributed by atoms with van der Waals surface area (Å²) in [7, 11) is -1.41. The molecule has 0 fully saturated rings. The van der Waals surface area contributed by atoms with Crippen LogP contribution in [0.4, 0.5) is 0 Å². The number of unbranched alkanes of at least 4 members (excludes halogenated alkanes) is 2. The molecule has 0 heterocycles. The molecule has 16 heavy (non-hydrogen) atoms. The Hall–Kier alpha value is 0.137. The summed E-state index contributed by atoms with van der Waals surface area (Å²) in [6.45, 7) is 10.6. The second-order valence-electron chi connectivity index (χ2n) is 4.58. The van der Waals surface area contributed by atoms with Crippen LogP contribution in [0.15, 0.2) is 0 Å². The smallest absolute Gasteiger partial charge is 0.324 e. The van der Waals surface area contributed by atoms with Crippen molar-refractivity contribution in [3.8, 4) is 0 Å². The van der Waals surface area contributed by atoms with Gasteiger partial charge in [-0.05, 0) is 24.8 Å². The normalized spacial score (nSPS) is 13.3. The maximum Gasteiger partial charge on any atom is 0.324 e. The number of hydrogen-bond acceptors (Lipinski definition) is 2. The van der Waals surface area contributed by atoms with E-state index in [0.717, 1.165) is 26.1 Å². The molecule has 0 aliphatic heterocycles. The summed E-state index contributed by atoms with van der Waals surface area (Å²) in [5, 5.41) is 0. The zero-order valence-corrected chi connectivity index (χ0v) is 12.8.